The van der Waals surface area contributed by atoms with E-state index in [2.05, 4.69) is 27.8 Å². The molecule has 27 heavy (non-hydrogen) atoms. The Morgan fingerprint density at radius 3 is 2.37 bits per heavy atom. The van der Waals surface area contributed by atoms with Crippen molar-refractivity contribution in [2.24, 2.45) is 11.8 Å². The summed E-state index contributed by atoms with van der Waals surface area (Å²) in [5, 5.41) is 13.3. The van der Waals surface area contributed by atoms with Crippen LogP contribution in [-0.2, 0) is 4.79 Å². The van der Waals surface area contributed by atoms with Gasteiger partial charge in [0.15, 0.2) is 0 Å². The van der Waals surface area contributed by atoms with Crippen LogP contribution >= 0.6 is 0 Å². The van der Waals surface area contributed by atoms with E-state index in [1.807, 2.05) is 24.3 Å². The molecule has 1 heterocycles. The third-order valence-corrected chi connectivity index (χ3v) is 4.66. The summed E-state index contributed by atoms with van der Waals surface area (Å²) in [7, 11) is 0. The lowest BCUT2D eigenvalue weighted by atomic mass is 10.1. The molecule has 0 spiro atoms. The summed E-state index contributed by atoms with van der Waals surface area (Å²) in [6, 6.07) is 14.3. The van der Waals surface area contributed by atoms with Gasteiger partial charge in [-0.2, -0.15) is 0 Å². The first-order valence-corrected chi connectivity index (χ1v) is 8.77. The Kier molecular flexibility index (Phi) is 4.42. The molecule has 2 N–H and O–H groups in total. The van der Waals surface area contributed by atoms with Gasteiger partial charge >= 0.3 is 0 Å². The van der Waals surface area contributed by atoms with Crippen LogP contribution in [0.15, 0.2) is 61.2 Å². The zero-order valence-corrected chi connectivity index (χ0v) is 14.8. The number of aromatic nitrogens is 3. The number of benzene rings is 2. The van der Waals surface area contributed by atoms with Crippen molar-refractivity contribution in [2.75, 3.05) is 10.6 Å². The van der Waals surface area contributed by atoms with Crippen molar-refractivity contribution >= 4 is 23.2 Å². The van der Waals surface area contributed by atoms with E-state index in [0.29, 0.717) is 22.9 Å². The highest BCUT2D eigenvalue weighted by molar-refractivity contribution is 6.05. The monoisotopic (exact) mass is 361 g/mol. The molecule has 0 saturated heterocycles. The smallest absolute Gasteiger partial charge is 0.255 e. The van der Waals surface area contributed by atoms with Crippen molar-refractivity contribution in [3.63, 3.8) is 0 Å². The average Bonchev–Trinajstić information content (AvgIpc) is 3.17. The fraction of sp³-hybridized carbons (Fsp3) is 0.200. The molecule has 2 atom stereocenters. The molecule has 0 radical (unpaired) electrons. The minimum absolute atomic E-state index is 0.0155. The van der Waals surface area contributed by atoms with E-state index in [1.165, 1.54) is 0 Å². The molecule has 136 valence electrons. The largest absolute Gasteiger partial charge is 0.326 e. The number of nitrogens with one attached hydrogen (secondary N) is 2. The first-order valence-electron chi connectivity index (χ1n) is 8.77. The minimum Gasteiger partial charge on any atom is -0.326 e. The lowest BCUT2D eigenvalue weighted by molar-refractivity contribution is -0.117. The molecule has 0 unspecified atom stereocenters. The summed E-state index contributed by atoms with van der Waals surface area (Å²) in [5.74, 6) is 0.297. The maximum absolute atomic E-state index is 12.6. The van der Waals surface area contributed by atoms with E-state index < -0.39 is 0 Å². The van der Waals surface area contributed by atoms with Crippen LogP contribution in [0, 0.1) is 11.8 Å². The second-order valence-electron chi connectivity index (χ2n) is 6.76. The van der Waals surface area contributed by atoms with E-state index >= 15 is 0 Å². The predicted octanol–water partition coefficient (Wildman–Crippen LogP) is 3.11. The van der Waals surface area contributed by atoms with E-state index in [0.717, 1.165) is 12.1 Å². The van der Waals surface area contributed by atoms with E-state index in [-0.39, 0.29) is 17.7 Å². The van der Waals surface area contributed by atoms with Crippen molar-refractivity contribution in [3.05, 3.63) is 66.7 Å². The Balaban J connectivity index is 1.46. The molecule has 3 aromatic rings. The number of anilines is 2. The molecule has 1 fully saturated rings. The molecule has 4 rings (SSSR count). The lowest BCUT2D eigenvalue weighted by Crippen LogP contribution is -2.16. The third-order valence-electron chi connectivity index (χ3n) is 4.66. The molecule has 2 aromatic carbocycles. The second kappa shape index (κ2) is 7.03. The van der Waals surface area contributed by atoms with Gasteiger partial charge in [0.1, 0.15) is 12.7 Å². The van der Waals surface area contributed by atoms with Crippen LogP contribution in [0.1, 0.15) is 23.7 Å². The van der Waals surface area contributed by atoms with Crippen molar-refractivity contribution in [1.82, 2.24) is 14.8 Å². The maximum Gasteiger partial charge on any atom is 0.255 e. The quantitative estimate of drug-likeness (QED) is 0.731. The van der Waals surface area contributed by atoms with Gasteiger partial charge in [0.2, 0.25) is 5.91 Å². The van der Waals surface area contributed by atoms with Crippen LogP contribution in [0.2, 0.25) is 0 Å². The van der Waals surface area contributed by atoms with Gasteiger partial charge in [-0.1, -0.05) is 19.1 Å². The van der Waals surface area contributed by atoms with Crippen molar-refractivity contribution in [2.45, 2.75) is 13.3 Å². The summed E-state index contributed by atoms with van der Waals surface area (Å²) < 4.78 is 1.75. The molecule has 7 heteroatoms. The summed E-state index contributed by atoms with van der Waals surface area (Å²) >= 11 is 0. The van der Waals surface area contributed by atoms with Gasteiger partial charge in [0.25, 0.3) is 5.91 Å². The number of carbonyl (C=O) groups excluding carboxylic acids is 2. The first kappa shape index (κ1) is 17.0. The zero-order chi connectivity index (χ0) is 18.8. The van der Waals surface area contributed by atoms with Crippen LogP contribution < -0.4 is 10.6 Å². The van der Waals surface area contributed by atoms with Crippen molar-refractivity contribution in [1.29, 1.82) is 0 Å². The molecule has 7 nitrogen and oxygen atoms in total. The SMILES string of the molecule is C[C@H]1C[C@H]1C(=O)Nc1cccc(C(=O)Nc2cccc(-n3cnnc3)c2)c1. The topological polar surface area (TPSA) is 88.9 Å². The van der Waals surface area contributed by atoms with Gasteiger partial charge in [-0.3, -0.25) is 14.2 Å². The molecular formula is C20H19N5O2. The molecule has 1 aromatic heterocycles. The molecule has 0 bridgehead atoms. The summed E-state index contributed by atoms with van der Waals surface area (Å²) in [6.45, 7) is 2.06. The molecule has 0 aliphatic heterocycles. The van der Waals surface area contributed by atoms with Crippen LogP contribution in [0.4, 0.5) is 11.4 Å². The summed E-state index contributed by atoms with van der Waals surface area (Å²) in [4.78, 5) is 24.7. The fourth-order valence-electron chi connectivity index (χ4n) is 2.94. The second-order valence-corrected chi connectivity index (χ2v) is 6.76. The third kappa shape index (κ3) is 3.87. The normalized spacial score (nSPS) is 18.0. The number of nitrogens with zero attached hydrogens (tertiary/aromatic N) is 3. The standard InChI is InChI=1S/C20H19N5O2/c1-13-8-18(13)20(27)24-15-5-2-4-14(9-15)19(26)23-16-6-3-7-17(10-16)25-11-21-22-12-25/h2-7,9-13,18H,8H2,1H3,(H,23,26)(H,24,27)/t13-,18+/m0/s1. The number of carbonyl (C=O) groups is 2. The summed E-state index contributed by atoms with van der Waals surface area (Å²) in [6.07, 6.45) is 4.11. The Morgan fingerprint density at radius 2 is 1.67 bits per heavy atom. The molecule has 1 saturated carbocycles. The van der Waals surface area contributed by atoms with E-state index in [1.54, 1.807) is 41.5 Å². The van der Waals surface area contributed by atoms with Crippen LogP contribution in [0.5, 0.6) is 0 Å². The highest BCUT2D eigenvalue weighted by Gasteiger charge is 2.39. The van der Waals surface area contributed by atoms with Crippen molar-refractivity contribution in [3.8, 4) is 5.69 Å². The Labute approximate surface area is 156 Å². The molecule has 2 amide bonds. The Morgan fingerprint density at radius 1 is 1.00 bits per heavy atom. The van der Waals surface area contributed by atoms with Gasteiger partial charge in [-0.05, 0) is 48.7 Å². The van der Waals surface area contributed by atoms with Crippen LogP contribution in [0.25, 0.3) is 5.69 Å². The molecule has 1 aliphatic carbocycles. The first-order chi connectivity index (χ1) is 13.1. The fourth-order valence-corrected chi connectivity index (χ4v) is 2.94. The van der Waals surface area contributed by atoms with Crippen molar-refractivity contribution < 1.29 is 9.59 Å². The van der Waals surface area contributed by atoms with Gasteiger partial charge in [-0.15, -0.1) is 10.2 Å². The van der Waals surface area contributed by atoms with Crippen LogP contribution in [-0.4, -0.2) is 26.6 Å². The Bertz CT molecular complexity index is 984. The summed E-state index contributed by atoms with van der Waals surface area (Å²) in [5.41, 5.74) is 2.61. The highest BCUT2D eigenvalue weighted by Crippen LogP contribution is 2.38. The lowest BCUT2D eigenvalue weighted by Gasteiger charge is -2.09. The van der Waals surface area contributed by atoms with Gasteiger partial charge in [0, 0.05) is 22.9 Å². The number of amides is 2. The average molecular weight is 361 g/mol. The Hall–Kier alpha value is -3.48. The number of hydrogen-bond donors (Lipinski definition) is 2. The predicted molar refractivity (Wildman–Crippen MR) is 102 cm³/mol. The number of rotatable bonds is 5. The zero-order valence-electron chi connectivity index (χ0n) is 14.8. The number of hydrogen-bond acceptors (Lipinski definition) is 4. The van der Waals surface area contributed by atoms with Crippen LogP contribution in [0.3, 0.4) is 0 Å². The van der Waals surface area contributed by atoms with E-state index in [4.69, 9.17) is 0 Å². The van der Waals surface area contributed by atoms with E-state index in [9.17, 15) is 9.59 Å². The van der Waals surface area contributed by atoms with Gasteiger partial charge in [-0.25, -0.2) is 0 Å². The maximum atomic E-state index is 12.6. The highest BCUT2D eigenvalue weighted by atomic mass is 16.2. The van der Waals surface area contributed by atoms with Gasteiger partial charge < -0.3 is 10.6 Å². The van der Waals surface area contributed by atoms with Gasteiger partial charge in [0.05, 0.1) is 5.69 Å². The minimum atomic E-state index is -0.244. The molecular weight excluding hydrogens is 342 g/mol. The molecule has 1 aliphatic rings.